The third-order valence-corrected chi connectivity index (χ3v) is 0.554. The van der Waals surface area contributed by atoms with Gasteiger partial charge in [-0.15, -0.1) is 0 Å². The maximum Gasteiger partial charge on any atom is 0.0912 e. The number of nitriles is 1. The molecule has 0 aromatic rings. The van der Waals surface area contributed by atoms with E-state index in [0.29, 0.717) is 0 Å². The first-order valence-corrected chi connectivity index (χ1v) is 2.53. The van der Waals surface area contributed by atoms with Crippen LogP contribution in [-0.2, 0) is 0 Å². The van der Waals surface area contributed by atoms with Crippen LogP contribution in [0.5, 0.6) is 0 Å². The predicted molar refractivity (Wildman–Crippen MR) is 36.9 cm³/mol. The third-order valence-electron chi connectivity index (χ3n) is 0.554. The van der Waals surface area contributed by atoms with Gasteiger partial charge in [-0.05, 0) is 6.08 Å². The van der Waals surface area contributed by atoms with Gasteiger partial charge in [-0.1, -0.05) is 0 Å². The Hall–Kier alpha value is -1.30. The first-order valence-electron chi connectivity index (χ1n) is 2.53. The van der Waals surface area contributed by atoms with Gasteiger partial charge in [0, 0.05) is 26.4 Å². The Morgan fingerprint density at radius 2 is 2.22 bits per heavy atom. The second kappa shape index (κ2) is 4.85. The van der Waals surface area contributed by atoms with E-state index in [1.54, 1.807) is 17.3 Å². The fourth-order valence-corrected chi connectivity index (χ4v) is 0.258. The molecule has 3 heteroatoms. The minimum atomic E-state index is 1.37. The van der Waals surface area contributed by atoms with E-state index in [2.05, 4.69) is 5.10 Å². The highest BCUT2D eigenvalue weighted by Gasteiger charge is 1.69. The van der Waals surface area contributed by atoms with Crippen LogP contribution >= 0.6 is 0 Å². The van der Waals surface area contributed by atoms with E-state index in [4.69, 9.17) is 5.26 Å². The summed E-state index contributed by atoms with van der Waals surface area (Å²) in [4.78, 5) is 0. The van der Waals surface area contributed by atoms with Gasteiger partial charge in [0.25, 0.3) is 0 Å². The minimum absolute atomic E-state index is 1.37. The van der Waals surface area contributed by atoms with E-state index in [-0.39, 0.29) is 0 Å². The molecule has 0 unspecified atom stereocenters. The predicted octanol–water partition coefficient (Wildman–Crippen LogP) is 0.614. The number of rotatable bonds is 2. The molecule has 0 fully saturated rings. The Kier molecular flexibility index (Phi) is 4.15. The van der Waals surface area contributed by atoms with E-state index in [1.165, 1.54) is 6.08 Å². The molecular weight excluding hydrogens is 114 g/mol. The molecule has 0 aliphatic rings. The first-order chi connectivity index (χ1) is 4.27. The highest BCUT2D eigenvalue weighted by Crippen LogP contribution is 1.71. The minimum Gasteiger partial charge on any atom is -0.303 e. The lowest BCUT2D eigenvalue weighted by Gasteiger charge is -1.99. The van der Waals surface area contributed by atoms with E-state index >= 15 is 0 Å². The molecule has 0 aromatic carbocycles. The molecule has 0 bridgehead atoms. The van der Waals surface area contributed by atoms with Crippen LogP contribution in [0.2, 0.25) is 0 Å². The van der Waals surface area contributed by atoms with Crippen molar-refractivity contribution < 1.29 is 0 Å². The van der Waals surface area contributed by atoms with Gasteiger partial charge in [-0.2, -0.15) is 10.4 Å². The Morgan fingerprint density at radius 1 is 1.56 bits per heavy atom. The Bertz CT molecular complexity index is 150. The van der Waals surface area contributed by atoms with E-state index in [9.17, 15) is 0 Å². The molecule has 3 nitrogen and oxygen atoms in total. The van der Waals surface area contributed by atoms with E-state index in [1.807, 2.05) is 20.2 Å². The Balaban J connectivity index is 3.50. The normalized spacial score (nSPS) is 10.3. The molecule has 0 aliphatic carbocycles. The van der Waals surface area contributed by atoms with Gasteiger partial charge in [0.05, 0.1) is 6.07 Å². The van der Waals surface area contributed by atoms with Crippen molar-refractivity contribution in [2.24, 2.45) is 5.10 Å². The molecule has 48 valence electrons. The summed E-state index contributed by atoms with van der Waals surface area (Å²) in [7, 11) is 3.63. The maximum atomic E-state index is 8.02. The molecule has 0 aliphatic heterocycles. The summed E-state index contributed by atoms with van der Waals surface area (Å²) in [5.41, 5.74) is 0. The summed E-state index contributed by atoms with van der Waals surface area (Å²) >= 11 is 0. The molecule has 0 spiro atoms. The van der Waals surface area contributed by atoms with Gasteiger partial charge in [-0.25, -0.2) is 0 Å². The van der Waals surface area contributed by atoms with Crippen LogP contribution in [0.1, 0.15) is 0 Å². The molecule has 0 amide bonds. The zero-order valence-corrected chi connectivity index (χ0v) is 5.57. The molecular formula is C6H9N3. The molecule has 0 rings (SSSR count). The Labute approximate surface area is 54.9 Å². The van der Waals surface area contributed by atoms with Crippen LogP contribution in [0.25, 0.3) is 0 Å². The third kappa shape index (κ3) is 6.70. The maximum absolute atomic E-state index is 8.02. The molecule has 0 N–H and O–H groups in total. The summed E-state index contributed by atoms with van der Waals surface area (Å²) in [5.74, 6) is 0. The number of hydrogen-bond acceptors (Lipinski definition) is 3. The van der Waals surface area contributed by atoms with Crippen LogP contribution in [0.4, 0.5) is 0 Å². The van der Waals surface area contributed by atoms with Crippen LogP contribution in [0.3, 0.4) is 0 Å². The molecule has 9 heavy (non-hydrogen) atoms. The zero-order valence-electron chi connectivity index (χ0n) is 5.57. The van der Waals surface area contributed by atoms with Crippen molar-refractivity contribution in [1.82, 2.24) is 5.01 Å². The molecule has 0 saturated carbocycles. The van der Waals surface area contributed by atoms with Gasteiger partial charge < -0.3 is 5.01 Å². The van der Waals surface area contributed by atoms with Crippen molar-refractivity contribution in [3.05, 3.63) is 12.2 Å². The van der Waals surface area contributed by atoms with Crippen molar-refractivity contribution in [2.75, 3.05) is 14.1 Å². The fourth-order valence-electron chi connectivity index (χ4n) is 0.258. The van der Waals surface area contributed by atoms with Crippen LogP contribution in [0, 0.1) is 11.3 Å². The first kappa shape index (κ1) is 7.70. The number of allylic oxidation sites excluding steroid dienone is 2. The van der Waals surface area contributed by atoms with Gasteiger partial charge in [0.15, 0.2) is 0 Å². The van der Waals surface area contributed by atoms with Crippen molar-refractivity contribution in [3.63, 3.8) is 0 Å². The quantitative estimate of drug-likeness (QED) is 0.306. The molecule has 0 saturated heterocycles. The number of hydrogen-bond donors (Lipinski definition) is 0. The second-order valence-electron chi connectivity index (χ2n) is 1.60. The van der Waals surface area contributed by atoms with E-state index < -0.39 is 0 Å². The lowest BCUT2D eigenvalue weighted by atomic mass is 10.6. The summed E-state index contributed by atoms with van der Waals surface area (Å²) in [5, 5.41) is 13.5. The number of hydrazone groups is 1. The fraction of sp³-hybridized carbons (Fsp3) is 0.333. The van der Waals surface area contributed by atoms with Crippen molar-refractivity contribution in [2.45, 2.75) is 0 Å². The van der Waals surface area contributed by atoms with Gasteiger partial charge in [0.2, 0.25) is 0 Å². The van der Waals surface area contributed by atoms with Crippen LogP contribution in [-0.4, -0.2) is 25.3 Å². The van der Waals surface area contributed by atoms with Gasteiger partial charge >= 0.3 is 0 Å². The standard InChI is InChI=1S/C6H9N3/c1-9(2)8-6-4-3-5-7/h3-4,6H,1-2H3. The van der Waals surface area contributed by atoms with Crippen molar-refractivity contribution in [3.8, 4) is 6.07 Å². The largest absolute Gasteiger partial charge is 0.303 e. The van der Waals surface area contributed by atoms with Crippen molar-refractivity contribution in [1.29, 1.82) is 5.26 Å². The molecule has 0 aromatic heterocycles. The average Bonchev–Trinajstić information content (AvgIpc) is 1.80. The van der Waals surface area contributed by atoms with Crippen LogP contribution in [0.15, 0.2) is 17.3 Å². The van der Waals surface area contributed by atoms with Crippen molar-refractivity contribution >= 4 is 6.21 Å². The monoisotopic (exact) mass is 123 g/mol. The molecule has 0 heterocycles. The summed E-state index contributed by atoms with van der Waals surface area (Å²) in [6.45, 7) is 0. The second-order valence-corrected chi connectivity index (χ2v) is 1.60. The highest BCUT2D eigenvalue weighted by atomic mass is 15.4. The van der Waals surface area contributed by atoms with E-state index in [0.717, 1.165) is 0 Å². The number of nitrogens with zero attached hydrogens (tertiary/aromatic N) is 3. The smallest absolute Gasteiger partial charge is 0.0912 e. The van der Waals surface area contributed by atoms with Crippen LogP contribution < -0.4 is 0 Å². The summed E-state index contributed by atoms with van der Waals surface area (Å²) in [6, 6.07) is 1.85. The lowest BCUT2D eigenvalue weighted by molar-refractivity contribution is 0.440. The molecule has 0 radical (unpaired) electrons. The summed E-state index contributed by atoms with van der Waals surface area (Å²) in [6.07, 6.45) is 4.51. The van der Waals surface area contributed by atoms with Gasteiger partial charge in [-0.3, -0.25) is 0 Å². The lowest BCUT2D eigenvalue weighted by Crippen LogP contribution is -2.00. The zero-order chi connectivity index (χ0) is 7.11. The van der Waals surface area contributed by atoms with Gasteiger partial charge in [0.1, 0.15) is 0 Å². The average molecular weight is 123 g/mol. The molecule has 0 atom stereocenters. The summed E-state index contributed by atoms with van der Waals surface area (Å²) < 4.78 is 0. The Morgan fingerprint density at radius 3 is 2.67 bits per heavy atom. The highest BCUT2D eigenvalue weighted by molar-refractivity contribution is 5.71. The SMILES string of the molecule is CN(C)N=CC=CC#N. The topological polar surface area (TPSA) is 39.4 Å².